The third-order valence-electron chi connectivity index (χ3n) is 5.81. The van der Waals surface area contributed by atoms with Crippen LogP contribution in [0.2, 0.25) is 0 Å². The van der Waals surface area contributed by atoms with Crippen LogP contribution in [0.15, 0.2) is 66.7 Å². The Balaban J connectivity index is 1.60. The van der Waals surface area contributed by atoms with E-state index in [4.69, 9.17) is 0 Å². The summed E-state index contributed by atoms with van der Waals surface area (Å²) in [6, 6.07) is 13.4. The van der Waals surface area contributed by atoms with E-state index in [1.54, 1.807) is 30.3 Å². The van der Waals surface area contributed by atoms with Gasteiger partial charge in [0.15, 0.2) is 11.6 Å². The fourth-order valence-electron chi connectivity index (χ4n) is 3.90. The van der Waals surface area contributed by atoms with Crippen molar-refractivity contribution < 1.29 is 33.1 Å². The van der Waals surface area contributed by atoms with Gasteiger partial charge < -0.3 is 15.7 Å². The van der Waals surface area contributed by atoms with Gasteiger partial charge >= 0.3 is 5.97 Å². The molecule has 1 aliphatic rings. The minimum absolute atomic E-state index is 0.0585. The summed E-state index contributed by atoms with van der Waals surface area (Å²) < 4.78 is 27.0. The number of rotatable bonds is 6. The number of fused-ring (bicyclic) bond motifs is 1. The highest BCUT2D eigenvalue weighted by Crippen LogP contribution is 2.34. The number of carboxylic acids is 1. The molecule has 1 aliphatic heterocycles. The fraction of sp³-hybridized carbons (Fsp3) is 0.154. The lowest BCUT2D eigenvalue weighted by molar-refractivity contribution is -0.139. The van der Waals surface area contributed by atoms with Crippen LogP contribution in [-0.4, -0.2) is 40.9 Å². The van der Waals surface area contributed by atoms with Gasteiger partial charge in [0, 0.05) is 17.5 Å². The number of amides is 3. The van der Waals surface area contributed by atoms with Gasteiger partial charge in [-0.15, -0.1) is 0 Å². The molecular weight excluding hydrogens is 472 g/mol. The summed E-state index contributed by atoms with van der Waals surface area (Å²) in [6.45, 7) is 1.47. The predicted molar refractivity (Wildman–Crippen MR) is 127 cm³/mol. The molecule has 0 saturated heterocycles. The van der Waals surface area contributed by atoms with Crippen LogP contribution in [0.1, 0.15) is 33.2 Å². The number of aliphatic carboxylic acids is 1. The molecule has 8 nitrogen and oxygen atoms in total. The number of nitrogens with zero attached hydrogens (tertiary/aromatic N) is 1. The van der Waals surface area contributed by atoms with E-state index in [1.165, 1.54) is 25.1 Å². The number of carboxylic acid groups (broad SMARTS) is 1. The minimum Gasteiger partial charge on any atom is -0.480 e. The maximum atomic E-state index is 13.7. The van der Waals surface area contributed by atoms with E-state index in [0.717, 1.165) is 28.7 Å². The van der Waals surface area contributed by atoms with Gasteiger partial charge in [-0.25, -0.2) is 13.6 Å². The third-order valence-corrected chi connectivity index (χ3v) is 5.81. The van der Waals surface area contributed by atoms with E-state index < -0.39 is 47.4 Å². The molecule has 2 unspecified atom stereocenters. The quantitative estimate of drug-likeness (QED) is 0.487. The first-order chi connectivity index (χ1) is 17.2. The van der Waals surface area contributed by atoms with Crippen molar-refractivity contribution in [2.45, 2.75) is 25.4 Å². The largest absolute Gasteiger partial charge is 0.480 e. The molecule has 0 radical (unpaired) electrons. The Morgan fingerprint density at radius 1 is 1.00 bits per heavy atom. The maximum Gasteiger partial charge on any atom is 0.326 e. The molecule has 2 atom stereocenters. The van der Waals surface area contributed by atoms with Crippen molar-refractivity contribution in [2.24, 2.45) is 0 Å². The number of hydrogen-bond acceptors (Lipinski definition) is 4. The van der Waals surface area contributed by atoms with Gasteiger partial charge in [-0.1, -0.05) is 30.3 Å². The van der Waals surface area contributed by atoms with E-state index in [1.807, 2.05) is 0 Å². The van der Waals surface area contributed by atoms with Crippen molar-refractivity contribution in [3.63, 3.8) is 0 Å². The Kier molecular flexibility index (Phi) is 6.77. The van der Waals surface area contributed by atoms with Crippen molar-refractivity contribution in [1.29, 1.82) is 0 Å². The first kappa shape index (κ1) is 24.5. The monoisotopic (exact) mass is 493 g/mol. The molecule has 10 heteroatoms. The Morgan fingerprint density at radius 3 is 2.36 bits per heavy atom. The van der Waals surface area contributed by atoms with Crippen LogP contribution in [-0.2, 0) is 16.0 Å². The molecule has 3 aromatic carbocycles. The molecule has 36 heavy (non-hydrogen) atoms. The van der Waals surface area contributed by atoms with Crippen LogP contribution in [0.4, 0.5) is 20.2 Å². The van der Waals surface area contributed by atoms with Crippen LogP contribution >= 0.6 is 0 Å². The second-order valence-electron chi connectivity index (χ2n) is 8.26. The van der Waals surface area contributed by atoms with Gasteiger partial charge in [-0.3, -0.25) is 19.3 Å². The normalized spacial score (nSPS) is 15.5. The zero-order chi connectivity index (χ0) is 26.0. The minimum atomic E-state index is -1.21. The summed E-state index contributed by atoms with van der Waals surface area (Å²) in [7, 11) is 0. The Morgan fingerprint density at radius 2 is 1.69 bits per heavy atom. The fourth-order valence-corrected chi connectivity index (χ4v) is 3.90. The molecule has 1 heterocycles. The lowest BCUT2D eigenvalue weighted by Gasteiger charge is -2.34. The van der Waals surface area contributed by atoms with Gasteiger partial charge in [-0.2, -0.15) is 0 Å². The Hall–Kier alpha value is -4.60. The van der Waals surface area contributed by atoms with Crippen molar-refractivity contribution >= 4 is 35.1 Å². The molecular formula is C26H21F2N3O5. The average molecular weight is 493 g/mol. The maximum absolute atomic E-state index is 13.7. The summed E-state index contributed by atoms with van der Waals surface area (Å²) in [5.74, 6) is -5.50. The van der Waals surface area contributed by atoms with Gasteiger partial charge in [0.05, 0.1) is 11.4 Å². The van der Waals surface area contributed by atoms with Gasteiger partial charge in [-0.05, 0) is 48.9 Å². The van der Waals surface area contributed by atoms with Crippen molar-refractivity contribution in [3.8, 4) is 0 Å². The summed E-state index contributed by atoms with van der Waals surface area (Å²) in [5, 5.41) is 14.6. The summed E-state index contributed by atoms with van der Waals surface area (Å²) in [5.41, 5.74) is 1.00. The Labute approximate surface area is 204 Å². The van der Waals surface area contributed by atoms with E-state index in [9.17, 15) is 33.1 Å². The van der Waals surface area contributed by atoms with E-state index in [2.05, 4.69) is 10.6 Å². The summed E-state index contributed by atoms with van der Waals surface area (Å²) >= 11 is 0. The Bertz CT molecular complexity index is 1360. The third kappa shape index (κ3) is 4.92. The van der Waals surface area contributed by atoms with E-state index >= 15 is 0 Å². The zero-order valence-corrected chi connectivity index (χ0v) is 19.0. The number of nitrogens with one attached hydrogen (secondary N) is 2. The summed E-state index contributed by atoms with van der Waals surface area (Å²) in [6.07, 6.45) is 0.0671. The van der Waals surface area contributed by atoms with Crippen LogP contribution in [0.5, 0.6) is 0 Å². The highest BCUT2D eigenvalue weighted by Gasteiger charge is 2.35. The van der Waals surface area contributed by atoms with E-state index in [0.29, 0.717) is 0 Å². The summed E-state index contributed by atoms with van der Waals surface area (Å²) in [4.78, 5) is 51.3. The number of anilines is 2. The van der Waals surface area contributed by atoms with Crippen molar-refractivity contribution in [2.75, 3.05) is 10.2 Å². The molecule has 0 spiro atoms. The first-order valence-corrected chi connectivity index (χ1v) is 11.0. The molecule has 0 bridgehead atoms. The SMILES string of the molecule is CC1C(=O)Nc2cc(C(=O)NC(Cc3ccccc3)C(=O)O)ccc2N1C(=O)c1ccc(F)c(F)c1. The van der Waals surface area contributed by atoms with Crippen molar-refractivity contribution in [1.82, 2.24) is 5.32 Å². The van der Waals surface area contributed by atoms with Crippen LogP contribution in [0.25, 0.3) is 0 Å². The van der Waals surface area contributed by atoms with Gasteiger partial charge in [0.1, 0.15) is 12.1 Å². The standard InChI is InChI=1S/C26H21F2N3O5/c1-14-23(32)29-20-13-16(24(33)30-21(26(35)36)11-15-5-3-2-4-6-15)8-10-22(20)31(14)25(34)17-7-9-18(27)19(28)12-17/h2-10,12-14,21H,11H2,1H3,(H,29,32)(H,30,33)(H,35,36). The highest BCUT2D eigenvalue weighted by molar-refractivity contribution is 6.17. The molecule has 3 amide bonds. The number of carbonyl (C=O) groups excluding carboxylic acids is 3. The smallest absolute Gasteiger partial charge is 0.326 e. The molecule has 0 aromatic heterocycles. The average Bonchev–Trinajstić information content (AvgIpc) is 2.86. The number of halogens is 2. The molecule has 0 saturated carbocycles. The number of benzene rings is 3. The van der Waals surface area contributed by atoms with Gasteiger partial charge in [0.2, 0.25) is 5.91 Å². The molecule has 0 fully saturated rings. The van der Waals surface area contributed by atoms with E-state index in [-0.39, 0.29) is 28.9 Å². The lowest BCUT2D eigenvalue weighted by Crippen LogP contribution is -2.49. The number of carbonyl (C=O) groups is 4. The lowest BCUT2D eigenvalue weighted by atomic mass is 10.0. The zero-order valence-electron chi connectivity index (χ0n) is 19.0. The molecule has 184 valence electrons. The molecule has 3 aromatic rings. The van der Waals surface area contributed by atoms with Crippen LogP contribution in [0, 0.1) is 11.6 Å². The molecule has 4 rings (SSSR count). The van der Waals surface area contributed by atoms with Crippen LogP contribution < -0.4 is 15.5 Å². The highest BCUT2D eigenvalue weighted by atomic mass is 19.2. The van der Waals surface area contributed by atoms with Crippen LogP contribution in [0.3, 0.4) is 0 Å². The second-order valence-corrected chi connectivity index (χ2v) is 8.26. The first-order valence-electron chi connectivity index (χ1n) is 11.0. The molecule has 0 aliphatic carbocycles. The number of hydrogen-bond donors (Lipinski definition) is 3. The van der Waals surface area contributed by atoms with Gasteiger partial charge in [0.25, 0.3) is 11.8 Å². The predicted octanol–water partition coefficient (Wildman–Crippen LogP) is 3.38. The molecule has 3 N–H and O–H groups in total. The topological polar surface area (TPSA) is 116 Å². The van der Waals surface area contributed by atoms with Crippen molar-refractivity contribution in [3.05, 3.63) is 95.1 Å². The second kappa shape index (κ2) is 9.95.